The molecule has 0 saturated carbocycles. The Morgan fingerprint density at radius 1 is 0.794 bits per heavy atom. The smallest absolute Gasteiger partial charge is 0.254 e. The topological polar surface area (TPSA) is 119 Å². The lowest BCUT2D eigenvalue weighted by molar-refractivity contribution is -0.125. The highest BCUT2D eigenvalue weighted by atomic mass is 35.5. The summed E-state index contributed by atoms with van der Waals surface area (Å²) < 4.78 is 42.9. The van der Waals surface area contributed by atoms with Gasteiger partial charge in [-0.05, 0) is 125 Å². The molecular formula is C52H62Cl2F3N6O4P. The zero-order valence-corrected chi connectivity index (χ0v) is 43.1. The molecule has 4 amide bonds. The number of nitrogens with one attached hydrogen (secondary N) is 1. The molecule has 2 saturated heterocycles. The highest BCUT2D eigenvalue weighted by Crippen LogP contribution is 2.44. The number of rotatable bonds is 6. The van der Waals surface area contributed by atoms with Crippen molar-refractivity contribution >= 4 is 72.7 Å². The number of hydrogen-bond donors (Lipinski definition) is 2. The maximum atomic E-state index is 15.4. The minimum atomic E-state index is -0.715. The van der Waals surface area contributed by atoms with E-state index in [2.05, 4.69) is 47.6 Å². The Morgan fingerprint density at radius 2 is 1.34 bits per heavy atom. The van der Waals surface area contributed by atoms with E-state index in [1.165, 1.54) is 47.4 Å². The van der Waals surface area contributed by atoms with Crippen LogP contribution in [-0.2, 0) is 26.2 Å². The first kappa shape index (κ1) is 53.6. The number of amides is 4. The summed E-state index contributed by atoms with van der Waals surface area (Å²) in [6, 6.07) is 12.9. The second-order valence-corrected chi connectivity index (χ2v) is 19.7. The third-order valence-electron chi connectivity index (χ3n) is 13.7. The molecular weight excluding hydrogens is 931 g/mol. The van der Waals surface area contributed by atoms with Gasteiger partial charge in [0, 0.05) is 74.3 Å². The Kier molecular flexibility index (Phi) is 16.3. The van der Waals surface area contributed by atoms with Crippen molar-refractivity contribution in [2.45, 2.75) is 90.8 Å². The Balaban J connectivity index is 0.000000207. The summed E-state index contributed by atoms with van der Waals surface area (Å²) >= 11 is 11.9. The van der Waals surface area contributed by atoms with E-state index >= 15 is 4.39 Å². The lowest BCUT2D eigenvalue weighted by Gasteiger charge is -2.35. The van der Waals surface area contributed by atoms with E-state index in [0.29, 0.717) is 77.5 Å². The quantitative estimate of drug-likeness (QED) is 0.0860. The van der Waals surface area contributed by atoms with Gasteiger partial charge in [0.2, 0.25) is 11.8 Å². The van der Waals surface area contributed by atoms with Crippen molar-refractivity contribution in [1.29, 1.82) is 0 Å². The van der Waals surface area contributed by atoms with Gasteiger partial charge in [-0.3, -0.25) is 19.2 Å². The molecule has 16 heteroatoms. The summed E-state index contributed by atoms with van der Waals surface area (Å²) in [5.41, 5.74) is 9.74. The SMILES string of the molecule is C=CC(=O)N1CCC(Nc2cc(F)c3c(c2)C(=O)N(C)C3(C)C)(c2c(P)ccc(C)c2C)C1.C=CC(=O)N1CCC(c2c(F)ccc(Cl)c2Cl)C1.CC.CN1C(=O)c2cc(N)cc(F)c2C1(C)C. The largest absolute Gasteiger partial charge is 0.399 e. The van der Waals surface area contributed by atoms with Gasteiger partial charge in [-0.25, -0.2) is 13.2 Å². The number of carbonyl (C=O) groups excluding carboxylic acids is 4. The number of carbonyl (C=O) groups is 4. The molecule has 8 rings (SSSR count). The van der Waals surface area contributed by atoms with E-state index < -0.39 is 28.3 Å². The average molecular weight is 994 g/mol. The van der Waals surface area contributed by atoms with E-state index in [4.69, 9.17) is 28.9 Å². The van der Waals surface area contributed by atoms with Gasteiger partial charge in [0.15, 0.2) is 0 Å². The Labute approximate surface area is 410 Å². The fraction of sp³-hybridized carbons (Fsp3) is 0.385. The lowest BCUT2D eigenvalue weighted by Crippen LogP contribution is -2.43. The average Bonchev–Trinajstić information content (AvgIpc) is 4.03. The van der Waals surface area contributed by atoms with Crippen LogP contribution < -0.4 is 16.4 Å². The van der Waals surface area contributed by atoms with Crippen LogP contribution in [0.5, 0.6) is 0 Å². The van der Waals surface area contributed by atoms with Crippen LogP contribution in [0.2, 0.25) is 10.0 Å². The molecule has 3 atom stereocenters. The number of anilines is 2. The van der Waals surface area contributed by atoms with Gasteiger partial charge < -0.3 is 30.7 Å². The lowest BCUT2D eigenvalue weighted by atomic mass is 9.83. The number of benzene rings is 4. The predicted molar refractivity (Wildman–Crippen MR) is 271 cm³/mol. The number of fused-ring (bicyclic) bond motifs is 2. The second kappa shape index (κ2) is 20.7. The van der Waals surface area contributed by atoms with Crippen LogP contribution in [0.3, 0.4) is 0 Å². The van der Waals surface area contributed by atoms with E-state index in [1.54, 1.807) is 34.9 Å². The van der Waals surface area contributed by atoms with Crippen LogP contribution >= 0.6 is 32.4 Å². The van der Waals surface area contributed by atoms with Gasteiger partial charge in [0.05, 0.1) is 37.8 Å². The van der Waals surface area contributed by atoms with E-state index in [0.717, 1.165) is 22.0 Å². The molecule has 0 aliphatic carbocycles. The maximum Gasteiger partial charge on any atom is 0.254 e. The summed E-state index contributed by atoms with van der Waals surface area (Å²) in [6.07, 6.45) is 3.91. The maximum absolute atomic E-state index is 15.4. The number of nitrogens with two attached hydrogens (primary N) is 1. The molecule has 0 radical (unpaired) electrons. The molecule has 0 aromatic heterocycles. The Bertz CT molecular complexity index is 2700. The van der Waals surface area contributed by atoms with E-state index in [1.807, 2.05) is 47.6 Å². The molecule has 68 heavy (non-hydrogen) atoms. The van der Waals surface area contributed by atoms with Crippen LogP contribution in [0.1, 0.15) is 114 Å². The first-order valence-electron chi connectivity index (χ1n) is 22.4. The molecule has 4 aliphatic heterocycles. The van der Waals surface area contributed by atoms with Crippen molar-refractivity contribution < 1.29 is 32.3 Å². The molecule has 3 unspecified atom stereocenters. The van der Waals surface area contributed by atoms with E-state index in [-0.39, 0.29) is 46.1 Å². The van der Waals surface area contributed by atoms with Crippen LogP contribution in [0.15, 0.2) is 73.8 Å². The second-order valence-electron chi connectivity index (χ2n) is 18.3. The number of likely N-dealkylation sites (tertiary alicyclic amines) is 2. The zero-order chi connectivity index (χ0) is 51.0. The summed E-state index contributed by atoms with van der Waals surface area (Å²) in [5, 5.41) is 5.17. The van der Waals surface area contributed by atoms with Crippen LogP contribution in [-0.4, -0.2) is 83.5 Å². The van der Waals surface area contributed by atoms with E-state index in [9.17, 15) is 28.0 Å². The van der Waals surface area contributed by atoms with Crippen molar-refractivity contribution in [3.05, 3.63) is 146 Å². The van der Waals surface area contributed by atoms with Crippen molar-refractivity contribution in [3.8, 4) is 0 Å². The minimum Gasteiger partial charge on any atom is -0.399 e. The Morgan fingerprint density at radius 3 is 1.91 bits per heavy atom. The van der Waals surface area contributed by atoms with Crippen molar-refractivity contribution in [2.75, 3.05) is 51.3 Å². The van der Waals surface area contributed by atoms with Gasteiger partial charge in [-0.15, -0.1) is 9.24 Å². The van der Waals surface area contributed by atoms with Crippen LogP contribution in [0.4, 0.5) is 24.5 Å². The first-order chi connectivity index (χ1) is 31.8. The fourth-order valence-electron chi connectivity index (χ4n) is 9.58. The normalized spacial score (nSPS) is 19.5. The number of halogens is 5. The molecule has 364 valence electrons. The standard InChI is InChI=1S/C26H31FN3O2P.C13H12Cl2FNO.C11H13FN2O.C2H6/c1-7-21(31)30-11-10-26(14-30,22-16(3)15(2)8-9-20(22)33)28-17-12-18-23(19(27)13-17)25(4,5)29(6)24(18)32;1-2-11(18)17-6-5-8(7-17)12-10(16)4-3-9(14)13(12)15;1-11(2)9-7(10(15)14(11)3)4-6(13)5-8(9)12;1-2/h7-9,12-13,28H,1,10-11,14,33H2,2-6H3;2-4,8H,1,5-7H2;4-5H,13H2,1-3H3;1-2H3. The van der Waals surface area contributed by atoms with Crippen molar-refractivity contribution in [3.63, 3.8) is 0 Å². The molecule has 4 aromatic rings. The zero-order valence-electron chi connectivity index (χ0n) is 40.5. The predicted octanol–water partition coefficient (Wildman–Crippen LogP) is 10.4. The highest BCUT2D eigenvalue weighted by molar-refractivity contribution is 7.27. The molecule has 3 N–H and O–H groups in total. The molecule has 10 nitrogen and oxygen atoms in total. The molecule has 2 fully saturated rings. The number of nitrogen functional groups attached to an aromatic ring is 1. The number of nitrogens with zero attached hydrogens (tertiary/aromatic N) is 4. The fourth-order valence-corrected chi connectivity index (χ4v) is 10.6. The first-order valence-corrected chi connectivity index (χ1v) is 23.8. The minimum absolute atomic E-state index is 0.111. The van der Waals surface area contributed by atoms with Crippen LogP contribution in [0, 0.1) is 31.3 Å². The molecule has 0 bridgehead atoms. The van der Waals surface area contributed by atoms with Gasteiger partial charge in [-0.1, -0.05) is 62.3 Å². The van der Waals surface area contributed by atoms with Gasteiger partial charge in [0.1, 0.15) is 17.5 Å². The summed E-state index contributed by atoms with van der Waals surface area (Å²) in [4.78, 5) is 55.1. The van der Waals surface area contributed by atoms with Gasteiger partial charge >= 0.3 is 0 Å². The number of aryl methyl sites for hydroxylation is 1. The van der Waals surface area contributed by atoms with Crippen molar-refractivity contribution in [2.24, 2.45) is 0 Å². The van der Waals surface area contributed by atoms with Gasteiger partial charge in [0.25, 0.3) is 11.8 Å². The molecule has 0 spiro atoms. The summed E-state index contributed by atoms with van der Waals surface area (Å²) in [6.45, 7) is 24.5. The molecule has 4 heterocycles. The third-order valence-corrected chi connectivity index (χ3v) is 15.0. The summed E-state index contributed by atoms with van der Waals surface area (Å²) in [5.74, 6) is -1.95. The monoisotopic (exact) mass is 992 g/mol. The molecule has 4 aromatic carbocycles. The number of hydrogen-bond acceptors (Lipinski definition) is 6. The van der Waals surface area contributed by atoms with Crippen LogP contribution in [0.25, 0.3) is 0 Å². The highest BCUT2D eigenvalue weighted by Gasteiger charge is 2.46. The third kappa shape index (κ3) is 9.90. The summed E-state index contributed by atoms with van der Waals surface area (Å²) in [7, 11) is 6.16. The van der Waals surface area contributed by atoms with Crippen molar-refractivity contribution in [1.82, 2.24) is 19.6 Å². The Hall–Kier alpha value is -5.36. The molecule has 4 aliphatic rings. The van der Waals surface area contributed by atoms with Gasteiger partial charge in [-0.2, -0.15) is 0 Å².